The van der Waals surface area contributed by atoms with E-state index in [0.717, 1.165) is 46.3 Å². The summed E-state index contributed by atoms with van der Waals surface area (Å²) in [5.74, 6) is 1.29. The Bertz CT molecular complexity index is 1440. The first-order valence-corrected chi connectivity index (χ1v) is 11.8. The van der Waals surface area contributed by atoms with Crippen LogP contribution in [0.1, 0.15) is 12.8 Å². The van der Waals surface area contributed by atoms with Crippen LogP contribution in [0.4, 0.5) is 17.5 Å². The smallest absolute Gasteiger partial charge is 0.231 e. The third kappa shape index (κ3) is 3.62. The van der Waals surface area contributed by atoms with Crippen molar-refractivity contribution in [2.75, 3.05) is 16.9 Å². The van der Waals surface area contributed by atoms with Crippen molar-refractivity contribution in [1.82, 2.24) is 24.9 Å². The van der Waals surface area contributed by atoms with Crippen LogP contribution in [0.25, 0.3) is 33.2 Å². The molecule has 0 radical (unpaired) electrons. The Labute approximate surface area is 189 Å². The fourth-order valence-electron chi connectivity index (χ4n) is 3.81. The molecule has 3 heterocycles. The Morgan fingerprint density at radius 3 is 2.84 bits per heavy atom. The lowest BCUT2D eigenvalue weighted by atomic mass is 10.0. The van der Waals surface area contributed by atoms with Crippen molar-refractivity contribution < 1.29 is 0 Å². The molecule has 7 nitrogen and oxygen atoms in total. The number of H-pyrrole nitrogens is 1. The number of hydrogen-bond donors (Lipinski definition) is 3. The summed E-state index contributed by atoms with van der Waals surface area (Å²) in [6, 6.07) is 17.3. The monoisotopic (exact) mass is 439 g/mol. The molecule has 0 aliphatic heterocycles. The molecule has 1 aliphatic rings. The summed E-state index contributed by atoms with van der Waals surface area (Å²) < 4.78 is 0. The molecule has 32 heavy (non-hydrogen) atoms. The predicted octanol–water partition coefficient (Wildman–Crippen LogP) is 5.61. The molecule has 0 saturated heterocycles. The fourth-order valence-corrected chi connectivity index (χ4v) is 4.27. The van der Waals surface area contributed by atoms with Crippen molar-refractivity contribution in [3.8, 4) is 11.1 Å². The maximum absolute atomic E-state index is 4.70. The molecule has 0 unspecified atom stereocenters. The van der Waals surface area contributed by atoms with E-state index in [1.807, 2.05) is 18.3 Å². The van der Waals surface area contributed by atoms with Crippen LogP contribution in [0.3, 0.4) is 0 Å². The van der Waals surface area contributed by atoms with Crippen molar-refractivity contribution >= 4 is 51.3 Å². The minimum Gasteiger partial charge on any atom is -0.365 e. The van der Waals surface area contributed by atoms with Gasteiger partial charge in [-0.05, 0) is 66.6 Å². The lowest BCUT2D eigenvalue weighted by Gasteiger charge is -2.11. The van der Waals surface area contributed by atoms with Gasteiger partial charge in [-0.1, -0.05) is 12.1 Å². The van der Waals surface area contributed by atoms with Gasteiger partial charge in [0.15, 0.2) is 11.5 Å². The highest BCUT2D eigenvalue weighted by Crippen LogP contribution is 2.32. The highest BCUT2D eigenvalue weighted by Gasteiger charge is 2.23. The van der Waals surface area contributed by atoms with Crippen LogP contribution in [0.5, 0.6) is 0 Å². The van der Waals surface area contributed by atoms with Gasteiger partial charge in [-0.3, -0.25) is 4.98 Å². The first-order valence-electron chi connectivity index (χ1n) is 10.5. The molecule has 6 rings (SSSR count). The number of imidazole rings is 1. The Kier molecular flexibility index (Phi) is 4.65. The zero-order valence-electron chi connectivity index (χ0n) is 17.5. The van der Waals surface area contributed by atoms with Crippen LogP contribution >= 0.6 is 11.8 Å². The van der Waals surface area contributed by atoms with E-state index in [2.05, 4.69) is 73.2 Å². The highest BCUT2D eigenvalue weighted by molar-refractivity contribution is 7.98. The molecule has 1 saturated carbocycles. The van der Waals surface area contributed by atoms with Crippen LogP contribution in [0, 0.1) is 0 Å². The third-order valence-corrected chi connectivity index (χ3v) is 6.30. The molecule has 3 aromatic heterocycles. The third-order valence-electron chi connectivity index (χ3n) is 5.58. The molecule has 5 aromatic rings. The second-order valence-electron chi connectivity index (χ2n) is 7.86. The van der Waals surface area contributed by atoms with Crippen molar-refractivity contribution in [2.24, 2.45) is 0 Å². The summed E-state index contributed by atoms with van der Waals surface area (Å²) >= 11 is 1.74. The number of fused-ring (bicyclic) bond motifs is 2. The van der Waals surface area contributed by atoms with E-state index in [1.54, 1.807) is 18.1 Å². The van der Waals surface area contributed by atoms with Gasteiger partial charge in [0.2, 0.25) is 5.95 Å². The van der Waals surface area contributed by atoms with E-state index in [9.17, 15) is 0 Å². The number of hydrogen-bond acceptors (Lipinski definition) is 7. The normalized spacial score (nSPS) is 13.5. The number of aromatic amines is 1. The lowest BCUT2D eigenvalue weighted by Crippen LogP contribution is -2.07. The number of nitrogens with zero attached hydrogens (tertiary/aromatic N) is 4. The van der Waals surface area contributed by atoms with E-state index in [1.165, 1.54) is 10.5 Å². The fraction of sp³-hybridized carbons (Fsp3) is 0.167. The van der Waals surface area contributed by atoms with Crippen molar-refractivity contribution in [3.05, 3.63) is 61.1 Å². The molecule has 158 valence electrons. The molecular weight excluding hydrogens is 418 g/mol. The largest absolute Gasteiger partial charge is 0.365 e. The van der Waals surface area contributed by atoms with E-state index in [0.29, 0.717) is 17.6 Å². The lowest BCUT2D eigenvalue weighted by molar-refractivity contribution is 1.10. The Balaban J connectivity index is 1.40. The van der Waals surface area contributed by atoms with Crippen LogP contribution in [0.2, 0.25) is 0 Å². The van der Waals surface area contributed by atoms with Crippen LogP contribution in [-0.4, -0.2) is 37.2 Å². The van der Waals surface area contributed by atoms with E-state index in [4.69, 9.17) is 4.98 Å². The summed E-state index contributed by atoms with van der Waals surface area (Å²) in [5, 5.41) is 7.91. The first-order chi connectivity index (χ1) is 15.8. The van der Waals surface area contributed by atoms with Crippen molar-refractivity contribution in [3.63, 3.8) is 0 Å². The van der Waals surface area contributed by atoms with Gasteiger partial charge in [0.25, 0.3) is 0 Å². The van der Waals surface area contributed by atoms with Crippen LogP contribution in [0.15, 0.2) is 66.0 Å². The molecule has 0 amide bonds. The average molecular weight is 440 g/mol. The maximum Gasteiger partial charge on any atom is 0.231 e. The van der Waals surface area contributed by atoms with Gasteiger partial charge in [0.05, 0.1) is 11.8 Å². The SMILES string of the molecule is CSc1cccc(-c2ccnc3ccc(Nc4nc(NC5CC5)c5nc[nH]c5n4)cc23)c1. The summed E-state index contributed by atoms with van der Waals surface area (Å²) in [6.07, 6.45) is 7.93. The van der Waals surface area contributed by atoms with E-state index in [-0.39, 0.29) is 0 Å². The van der Waals surface area contributed by atoms with E-state index < -0.39 is 0 Å². The molecule has 3 N–H and O–H groups in total. The number of thioether (sulfide) groups is 1. The first kappa shape index (κ1) is 19.1. The Morgan fingerprint density at radius 1 is 1.03 bits per heavy atom. The molecule has 1 fully saturated rings. The Morgan fingerprint density at radius 2 is 1.97 bits per heavy atom. The Hall–Kier alpha value is -3.65. The molecule has 8 heteroatoms. The van der Waals surface area contributed by atoms with Crippen LogP contribution < -0.4 is 10.6 Å². The second kappa shape index (κ2) is 7.80. The molecular formula is C24H21N7S. The highest BCUT2D eigenvalue weighted by atomic mass is 32.2. The summed E-state index contributed by atoms with van der Waals surface area (Å²) in [6.45, 7) is 0. The van der Waals surface area contributed by atoms with Crippen molar-refractivity contribution in [2.45, 2.75) is 23.8 Å². The molecule has 1 aliphatic carbocycles. The summed E-state index contributed by atoms with van der Waals surface area (Å²) in [5.41, 5.74) is 5.65. The van der Waals surface area contributed by atoms with Gasteiger partial charge in [0, 0.05) is 28.2 Å². The van der Waals surface area contributed by atoms with Crippen LogP contribution in [-0.2, 0) is 0 Å². The number of aromatic nitrogens is 5. The number of benzene rings is 2. The maximum atomic E-state index is 4.70. The standard InChI is InChI=1S/C24H21N7S/c1-32-17-4-2-3-14(11-17)18-9-10-25-20-8-7-16(12-19(18)20)29-24-30-22-21(26-13-27-22)23(31-24)28-15-5-6-15/h2-4,7-13,15H,5-6H2,1H3,(H3,26,27,28,29,30,31). The molecule has 2 aromatic carbocycles. The number of pyridine rings is 1. The van der Waals surface area contributed by atoms with E-state index >= 15 is 0 Å². The van der Waals surface area contributed by atoms with Gasteiger partial charge >= 0.3 is 0 Å². The van der Waals surface area contributed by atoms with Gasteiger partial charge in [-0.2, -0.15) is 9.97 Å². The minimum absolute atomic E-state index is 0.476. The zero-order valence-corrected chi connectivity index (χ0v) is 18.3. The quantitative estimate of drug-likeness (QED) is 0.296. The minimum atomic E-state index is 0.476. The van der Waals surface area contributed by atoms with Gasteiger partial charge in [-0.25, -0.2) is 4.98 Å². The predicted molar refractivity (Wildman–Crippen MR) is 131 cm³/mol. The number of rotatable bonds is 6. The topological polar surface area (TPSA) is 91.4 Å². The zero-order chi connectivity index (χ0) is 21.5. The van der Waals surface area contributed by atoms with Gasteiger partial charge in [0.1, 0.15) is 5.52 Å². The summed E-state index contributed by atoms with van der Waals surface area (Å²) in [4.78, 5) is 22.6. The number of nitrogens with one attached hydrogen (secondary N) is 3. The molecule has 0 atom stereocenters. The summed E-state index contributed by atoms with van der Waals surface area (Å²) in [7, 11) is 0. The molecule has 0 spiro atoms. The van der Waals surface area contributed by atoms with Gasteiger partial charge < -0.3 is 15.6 Å². The molecule has 0 bridgehead atoms. The van der Waals surface area contributed by atoms with Crippen molar-refractivity contribution in [1.29, 1.82) is 0 Å². The second-order valence-corrected chi connectivity index (χ2v) is 8.74. The number of anilines is 3. The van der Waals surface area contributed by atoms with Gasteiger partial charge in [-0.15, -0.1) is 11.8 Å². The average Bonchev–Trinajstić information content (AvgIpc) is 3.51.